The van der Waals surface area contributed by atoms with Gasteiger partial charge in [0.05, 0.1) is 0 Å². The summed E-state index contributed by atoms with van der Waals surface area (Å²) >= 11 is 0. The quantitative estimate of drug-likeness (QED) is 0.460. The third kappa shape index (κ3) is 10.3. The smallest absolute Gasteiger partial charge is 0.602 e. The fraction of sp³-hybridized carbons (Fsp3) is 0.500. The van der Waals surface area contributed by atoms with Crippen molar-refractivity contribution in [3.8, 4) is 11.5 Å². The minimum Gasteiger partial charge on any atom is -0.602 e. The SMILES string of the molecule is CC(C)(C)[Si](C)(C)Oc1c[c-]ccc1.CC(C)(C)[Si](C)(C)Oc1c[c-]ccc1.[Cu+].[Li+]. The number of hydrogen-bond donors (Lipinski definition) is 0. The van der Waals surface area contributed by atoms with Gasteiger partial charge in [0.25, 0.3) is 0 Å². The molecule has 0 bridgehead atoms. The van der Waals surface area contributed by atoms with Crippen LogP contribution >= 0.6 is 0 Å². The summed E-state index contributed by atoms with van der Waals surface area (Å²) in [5.41, 5.74) is 0. The molecule has 0 radical (unpaired) electrons. The molecule has 6 heteroatoms. The van der Waals surface area contributed by atoms with Crippen LogP contribution in [0.4, 0.5) is 0 Å². The van der Waals surface area contributed by atoms with Crippen molar-refractivity contribution < 1.29 is 44.8 Å². The summed E-state index contributed by atoms with van der Waals surface area (Å²) in [4.78, 5) is 0. The molecule has 166 valence electrons. The Morgan fingerprint density at radius 1 is 0.667 bits per heavy atom. The summed E-state index contributed by atoms with van der Waals surface area (Å²) in [6.07, 6.45) is 0. The van der Waals surface area contributed by atoms with Crippen molar-refractivity contribution >= 4 is 16.6 Å². The zero-order valence-electron chi connectivity index (χ0n) is 20.7. The molecule has 0 spiro atoms. The van der Waals surface area contributed by atoms with Crippen molar-refractivity contribution in [3.63, 3.8) is 0 Å². The number of benzene rings is 2. The molecular weight excluding hydrogens is 447 g/mol. The molecule has 0 unspecified atom stereocenters. The molecule has 0 aliphatic rings. The van der Waals surface area contributed by atoms with Gasteiger partial charge in [-0.15, -0.1) is 24.3 Å². The molecule has 0 saturated carbocycles. The van der Waals surface area contributed by atoms with E-state index in [2.05, 4.69) is 79.9 Å². The van der Waals surface area contributed by atoms with Gasteiger partial charge < -0.3 is 8.85 Å². The Morgan fingerprint density at radius 3 is 1.17 bits per heavy atom. The van der Waals surface area contributed by atoms with Crippen molar-refractivity contribution in [2.45, 2.75) is 77.8 Å². The third-order valence-corrected chi connectivity index (χ3v) is 14.4. The summed E-state index contributed by atoms with van der Waals surface area (Å²) in [5, 5.41) is 0.506. The van der Waals surface area contributed by atoms with Crippen LogP contribution in [0.1, 0.15) is 41.5 Å². The Morgan fingerprint density at radius 2 is 0.967 bits per heavy atom. The largest absolute Gasteiger partial charge is 1.00 e. The Hall–Kier alpha value is -0.409. The summed E-state index contributed by atoms with van der Waals surface area (Å²) in [7, 11) is -3.33. The second kappa shape index (κ2) is 12.6. The van der Waals surface area contributed by atoms with E-state index in [0.717, 1.165) is 11.5 Å². The van der Waals surface area contributed by atoms with Gasteiger partial charge in [0.2, 0.25) is 16.6 Å². The van der Waals surface area contributed by atoms with Crippen LogP contribution in [-0.4, -0.2) is 16.6 Å². The van der Waals surface area contributed by atoms with Crippen LogP contribution in [0.5, 0.6) is 11.5 Å². The number of rotatable bonds is 4. The van der Waals surface area contributed by atoms with Crippen LogP contribution in [-0.2, 0) is 17.1 Å². The third-order valence-electron chi connectivity index (χ3n) is 5.72. The summed E-state index contributed by atoms with van der Waals surface area (Å²) < 4.78 is 12.1. The zero-order chi connectivity index (χ0) is 21.6. The summed E-state index contributed by atoms with van der Waals surface area (Å²) in [5.74, 6) is 1.89. The average molecular weight is 485 g/mol. The fourth-order valence-corrected chi connectivity index (χ4v) is 3.82. The molecule has 0 heterocycles. The molecule has 0 aliphatic heterocycles. The maximum Gasteiger partial charge on any atom is 1.00 e. The van der Waals surface area contributed by atoms with E-state index in [1.807, 2.05) is 48.5 Å². The van der Waals surface area contributed by atoms with Gasteiger partial charge in [-0.3, -0.25) is 0 Å². The van der Waals surface area contributed by atoms with Crippen molar-refractivity contribution in [1.82, 2.24) is 0 Å². The molecule has 0 atom stereocenters. The molecule has 0 saturated heterocycles. The summed E-state index contributed by atoms with van der Waals surface area (Å²) in [6.45, 7) is 22.5. The number of hydrogen-bond acceptors (Lipinski definition) is 2. The van der Waals surface area contributed by atoms with Crippen molar-refractivity contribution in [2.24, 2.45) is 0 Å². The van der Waals surface area contributed by atoms with Gasteiger partial charge in [-0.1, -0.05) is 41.5 Å². The molecule has 0 aliphatic carbocycles. The van der Waals surface area contributed by atoms with Gasteiger partial charge in [-0.05, 0) is 47.8 Å². The zero-order valence-corrected chi connectivity index (χ0v) is 23.7. The van der Waals surface area contributed by atoms with Crippen LogP contribution in [0.3, 0.4) is 0 Å². The van der Waals surface area contributed by atoms with E-state index in [4.69, 9.17) is 8.85 Å². The standard InChI is InChI=1S/2C12H19OSi.Cu.Li/c2*1-12(2,3)14(4,5)13-11-9-7-6-8-10-11;;/h2*6-7,9-10H,1-5H3;;/q2*-1;2*+1. The Balaban J connectivity index is 0. The maximum atomic E-state index is 6.07. The van der Waals surface area contributed by atoms with Crippen LogP contribution in [0.2, 0.25) is 36.3 Å². The molecule has 0 fully saturated rings. The first-order chi connectivity index (χ1) is 12.7. The van der Waals surface area contributed by atoms with E-state index in [9.17, 15) is 0 Å². The van der Waals surface area contributed by atoms with Crippen LogP contribution in [0.15, 0.2) is 48.5 Å². The van der Waals surface area contributed by atoms with Crippen LogP contribution in [0, 0.1) is 12.1 Å². The maximum absolute atomic E-state index is 6.07. The van der Waals surface area contributed by atoms with E-state index in [-0.39, 0.29) is 46.0 Å². The van der Waals surface area contributed by atoms with Gasteiger partial charge in [-0.25, -0.2) is 0 Å². The predicted octanol–water partition coefficient (Wildman–Crippen LogP) is 4.74. The van der Waals surface area contributed by atoms with Crippen molar-refractivity contribution in [2.75, 3.05) is 0 Å². The van der Waals surface area contributed by atoms with E-state index in [1.54, 1.807) is 0 Å². The minimum absolute atomic E-state index is 0. The van der Waals surface area contributed by atoms with Gasteiger partial charge in [0.15, 0.2) is 0 Å². The minimum atomic E-state index is -1.67. The van der Waals surface area contributed by atoms with Crippen LogP contribution < -0.4 is 27.7 Å². The Kier molecular flexibility index (Phi) is 13.3. The first-order valence-corrected chi connectivity index (χ1v) is 15.8. The predicted molar refractivity (Wildman–Crippen MR) is 126 cm³/mol. The van der Waals surface area contributed by atoms with Gasteiger partial charge in [0, 0.05) is 0 Å². The molecule has 2 rings (SSSR count). The summed E-state index contributed by atoms with van der Waals surface area (Å²) in [6, 6.07) is 21.6. The van der Waals surface area contributed by atoms with E-state index < -0.39 is 16.6 Å². The first kappa shape index (κ1) is 31.8. The molecule has 0 N–H and O–H groups in total. The Bertz CT molecular complexity index is 646. The Labute approximate surface area is 210 Å². The van der Waals surface area contributed by atoms with E-state index in [1.165, 1.54) is 0 Å². The topological polar surface area (TPSA) is 18.5 Å². The molecule has 2 nitrogen and oxygen atoms in total. The molecule has 0 aromatic heterocycles. The monoisotopic (exact) mass is 484 g/mol. The second-order valence-electron chi connectivity index (χ2n) is 10.2. The van der Waals surface area contributed by atoms with E-state index >= 15 is 0 Å². The molecule has 0 amide bonds. The first-order valence-electron chi connectivity index (χ1n) is 9.96. The molecule has 2 aromatic rings. The van der Waals surface area contributed by atoms with E-state index in [0.29, 0.717) is 0 Å². The molecule has 2 aromatic carbocycles. The van der Waals surface area contributed by atoms with Crippen LogP contribution in [0.25, 0.3) is 0 Å². The van der Waals surface area contributed by atoms with Crippen molar-refractivity contribution in [3.05, 3.63) is 60.7 Å². The fourth-order valence-electron chi connectivity index (χ4n) is 1.78. The molecular formula is C24H38CuLiO2Si2. The van der Waals surface area contributed by atoms with Gasteiger partial charge in [0.1, 0.15) is 0 Å². The average Bonchev–Trinajstić information content (AvgIpc) is 2.54. The normalized spacial score (nSPS) is 11.8. The van der Waals surface area contributed by atoms with Gasteiger partial charge in [-0.2, -0.15) is 36.4 Å². The molecule has 30 heavy (non-hydrogen) atoms. The van der Waals surface area contributed by atoms with Crippen molar-refractivity contribution in [1.29, 1.82) is 0 Å². The van der Waals surface area contributed by atoms with Gasteiger partial charge >= 0.3 is 35.9 Å². The second-order valence-corrected chi connectivity index (χ2v) is 19.7.